The Labute approximate surface area is 102 Å². The Hall–Kier alpha value is -1.41. The van der Waals surface area contributed by atoms with Gasteiger partial charge in [0.25, 0.3) is 0 Å². The third kappa shape index (κ3) is 2.64. The number of nitrogens with two attached hydrogens (primary N) is 1. The normalized spacial score (nSPS) is 20.8. The first kappa shape index (κ1) is 12.1. The topological polar surface area (TPSA) is 80.5 Å². The van der Waals surface area contributed by atoms with Crippen molar-refractivity contribution >= 4 is 0 Å². The van der Waals surface area contributed by atoms with Crippen molar-refractivity contribution in [1.82, 2.24) is 15.0 Å². The van der Waals surface area contributed by atoms with E-state index in [1.54, 1.807) is 11.6 Å². The van der Waals surface area contributed by atoms with Crippen LogP contribution in [0.3, 0.4) is 0 Å². The molecule has 0 aliphatic heterocycles. The van der Waals surface area contributed by atoms with Crippen LogP contribution in [0.1, 0.15) is 56.8 Å². The van der Waals surface area contributed by atoms with Crippen LogP contribution >= 0.6 is 0 Å². The average Bonchev–Trinajstić information content (AvgIpc) is 2.87. The molecule has 0 saturated heterocycles. The van der Waals surface area contributed by atoms with Gasteiger partial charge in [-0.3, -0.25) is 0 Å². The molecule has 0 bridgehead atoms. The molecule has 5 nitrogen and oxygen atoms in total. The second-order valence-corrected chi connectivity index (χ2v) is 4.85. The summed E-state index contributed by atoms with van der Waals surface area (Å²) in [6.45, 7) is 1.80. The molecule has 2 atom stereocenters. The van der Waals surface area contributed by atoms with Gasteiger partial charge in [-0.1, -0.05) is 24.5 Å². The molecule has 92 valence electrons. The number of nitrogens with zero attached hydrogens (tertiary/aromatic N) is 4. The van der Waals surface area contributed by atoms with Crippen LogP contribution in [0.2, 0.25) is 0 Å². The zero-order chi connectivity index (χ0) is 12.3. The quantitative estimate of drug-likeness (QED) is 0.865. The average molecular weight is 233 g/mol. The van der Waals surface area contributed by atoms with Crippen molar-refractivity contribution in [2.75, 3.05) is 0 Å². The Morgan fingerprint density at radius 2 is 2.18 bits per heavy atom. The van der Waals surface area contributed by atoms with Crippen molar-refractivity contribution in [3.63, 3.8) is 0 Å². The lowest BCUT2D eigenvalue weighted by atomic mass is 9.83. The number of nitriles is 1. The summed E-state index contributed by atoms with van der Waals surface area (Å²) in [4.78, 5) is 0. The molecule has 1 aromatic heterocycles. The highest BCUT2D eigenvalue weighted by Crippen LogP contribution is 2.32. The SMILES string of the molecule is C[C@H](C#N)n1cc([C@@H](N)C2CCCCC2)nn1. The smallest absolute Gasteiger partial charge is 0.137 e. The molecule has 1 saturated carbocycles. The van der Waals surface area contributed by atoms with E-state index in [0.29, 0.717) is 5.92 Å². The largest absolute Gasteiger partial charge is 0.322 e. The van der Waals surface area contributed by atoms with Gasteiger partial charge in [0.15, 0.2) is 0 Å². The van der Waals surface area contributed by atoms with E-state index in [2.05, 4.69) is 16.4 Å². The molecule has 1 aromatic rings. The Bertz CT molecular complexity index is 399. The Kier molecular flexibility index (Phi) is 3.75. The molecular weight excluding hydrogens is 214 g/mol. The van der Waals surface area contributed by atoms with E-state index in [9.17, 15) is 0 Å². The molecule has 0 unspecified atom stereocenters. The van der Waals surface area contributed by atoms with Crippen LogP contribution in [0.25, 0.3) is 0 Å². The van der Waals surface area contributed by atoms with E-state index in [1.807, 2.05) is 6.20 Å². The lowest BCUT2D eigenvalue weighted by Gasteiger charge is -2.25. The molecule has 2 N–H and O–H groups in total. The van der Waals surface area contributed by atoms with E-state index >= 15 is 0 Å². The summed E-state index contributed by atoms with van der Waals surface area (Å²) in [6, 6.07) is 1.82. The maximum Gasteiger partial charge on any atom is 0.137 e. The van der Waals surface area contributed by atoms with Gasteiger partial charge < -0.3 is 5.73 Å². The van der Waals surface area contributed by atoms with Crippen LogP contribution in [-0.2, 0) is 0 Å². The molecule has 0 amide bonds. The Balaban J connectivity index is 2.06. The van der Waals surface area contributed by atoms with Crippen molar-refractivity contribution in [2.45, 2.75) is 51.1 Å². The maximum absolute atomic E-state index is 8.81. The minimum atomic E-state index is -0.283. The fourth-order valence-electron chi connectivity index (χ4n) is 2.43. The van der Waals surface area contributed by atoms with Crippen LogP contribution in [-0.4, -0.2) is 15.0 Å². The summed E-state index contributed by atoms with van der Waals surface area (Å²) in [7, 11) is 0. The van der Waals surface area contributed by atoms with Gasteiger partial charge in [0.05, 0.1) is 24.0 Å². The highest BCUT2D eigenvalue weighted by molar-refractivity contribution is 5.04. The van der Waals surface area contributed by atoms with Crippen LogP contribution in [0.15, 0.2) is 6.20 Å². The van der Waals surface area contributed by atoms with Crippen molar-refractivity contribution in [1.29, 1.82) is 5.26 Å². The minimum absolute atomic E-state index is 0.0325. The van der Waals surface area contributed by atoms with Crippen LogP contribution in [0, 0.1) is 17.2 Å². The van der Waals surface area contributed by atoms with Crippen molar-refractivity contribution in [2.24, 2.45) is 11.7 Å². The summed E-state index contributed by atoms with van der Waals surface area (Å²) >= 11 is 0. The summed E-state index contributed by atoms with van der Waals surface area (Å²) < 4.78 is 1.58. The lowest BCUT2D eigenvalue weighted by Crippen LogP contribution is -2.23. The zero-order valence-electron chi connectivity index (χ0n) is 10.2. The standard InChI is InChI=1S/C12H19N5/c1-9(7-13)17-8-11(15-16-17)12(14)10-5-3-2-4-6-10/h8-10,12H,2-6,14H2,1H3/t9-,12+/m1/s1. The van der Waals surface area contributed by atoms with Crippen LogP contribution in [0.5, 0.6) is 0 Å². The molecule has 1 heterocycles. The monoisotopic (exact) mass is 233 g/mol. The van der Waals surface area contributed by atoms with Gasteiger partial charge in [-0.05, 0) is 25.7 Å². The van der Waals surface area contributed by atoms with E-state index in [1.165, 1.54) is 32.1 Å². The molecule has 1 aliphatic rings. The lowest BCUT2D eigenvalue weighted by molar-refractivity contribution is 0.304. The molecular formula is C12H19N5. The second kappa shape index (κ2) is 5.28. The molecule has 0 radical (unpaired) electrons. The molecule has 1 aliphatic carbocycles. The summed E-state index contributed by atoms with van der Waals surface area (Å²) in [5.41, 5.74) is 7.04. The third-order valence-electron chi connectivity index (χ3n) is 3.61. The molecule has 0 aromatic carbocycles. The van der Waals surface area contributed by atoms with E-state index in [-0.39, 0.29) is 12.1 Å². The number of hydrogen-bond donors (Lipinski definition) is 1. The fourth-order valence-corrected chi connectivity index (χ4v) is 2.43. The zero-order valence-corrected chi connectivity index (χ0v) is 10.2. The maximum atomic E-state index is 8.81. The molecule has 0 spiro atoms. The number of rotatable bonds is 3. The minimum Gasteiger partial charge on any atom is -0.322 e. The number of aromatic nitrogens is 3. The van der Waals surface area contributed by atoms with Crippen LogP contribution < -0.4 is 5.73 Å². The highest BCUT2D eigenvalue weighted by Gasteiger charge is 2.24. The van der Waals surface area contributed by atoms with Crippen molar-refractivity contribution in [3.8, 4) is 6.07 Å². The van der Waals surface area contributed by atoms with Gasteiger partial charge in [0, 0.05) is 0 Å². The first-order valence-corrected chi connectivity index (χ1v) is 6.29. The van der Waals surface area contributed by atoms with Crippen molar-refractivity contribution in [3.05, 3.63) is 11.9 Å². The molecule has 1 fully saturated rings. The van der Waals surface area contributed by atoms with E-state index < -0.39 is 0 Å². The van der Waals surface area contributed by atoms with Gasteiger partial charge in [-0.25, -0.2) is 4.68 Å². The summed E-state index contributed by atoms with van der Waals surface area (Å²) in [6.07, 6.45) is 8.03. The fraction of sp³-hybridized carbons (Fsp3) is 0.750. The third-order valence-corrected chi connectivity index (χ3v) is 3.61. The predicted molar refractivity (Wildman–Crippen MR) is 63.8 cm³/mol. The van der Waals surface area contributed by atoms with E-state index in [4.69, 9.17) is 11.0 Å². The van der Waals surface area contributed by atoms with Crippen LogP contribution in [0.4, 0.5) is 0 Å². The summed E-state index contributed by atoms with van der Waals surface area (Å²) in [5, 5.41) is 16.9. The predicted octanol–water partition coefficient (Wildman–Crippen LogP) is 1.94. The number of hydrogen-bond acceptors (Lipinski definition) is 4. The Morgan fingerprint density at radius 1 is 1.47 bits per heavy atom. The molecule has 17 heavy (non-hydrogen) atoms. The second-order valence-electron chi connectivity index (χ2n) is 4.85. The van der Waals surface area contributed by atoms with Gasteiger partial charge in [-0.2, -0.15) is 5.26 Å². The molecule has 2 rings (SSSR count). The Morgan fingerprint density at radius 3 is 2.82 bits per heavy atom. The first-order valence-electron chi connectivity index (χ1n) is 6.29. The molecule has 5 heteroatoms. The summed E-state index contributed by atoms with van der Waals surface area (Å²) in [5.74, 6) is 0.520. The van der Waals surface area contributed by atoms with Gasteiger partial charge in [-0.15, -0.1) is 5.10 Å². The van der Waals surface area contributed by atoms with Gasteiger partial charge in [0.1, 0.15) is 6.04 Å². The van der Waals surface area contributed by atoms with E-state index in [0.717, 1.165) is 5.69 Å². The van der Waals surface area contributed by atoms with Gasteiger partial charge >= 0.3 is 0 Å². The van der Waals surface area contributed by atoms with Gasteiger partial charge in [0.2, 0.25) is 0 Å². The first-order chi connectivity index (χ1) is 8.22. The van der Waals surface area contributed by atoms with Crippen molar-refractivity contribution < 1.29 is 0 Å². The highest BCUT2D eigenvalue weighted by atomic mass is 15.4.